The molecule has 0 spiro atoms. The van der Waals surface area contributed by atoms with Crippen LogP contribution < -0.4 is 14.8 Å². The Morgan fingerprint density at radius 3 is 2.42 bits per heavy atom. The number of hydrogen-bond donors (Lipinski definition) is 1. The maximum atomic E-state index is 5.22. The number of methoxy groups -OCH3 is 2. The largest absolute Gasteiger partial charge is 0.497 e. The highest BCUT2D eigenvalue weighted by Gasteiger charge is 2.07. The Morgan fingerprint density at radius 2 is 1.84 bits per heavy atom. The highest BCUT2D eigenvalue weighted by atomic mass is 16.5. The van der Waals surface area contributed by atoms with Crippen LogP contribution in [-0.4, -0.2) is 34.4 Å². The van der Waals surface area contributed by atoms with E-state index in [0.29, 0.717) is 17.4 Å². The molecule has 1 aromatic heterocycles. The second-order valence-corrected chi connectivity index (χ2v) is 3.95. The van der Waals surface area contributed by atoms with Crippen molar-refractivity contribution in [3.8, 4) is 11.5 Å². The van der Waals surface area contributed by atoms with Crippen molar-refractivity contribution < 1.29 is 9.47 Å². The van der Waals surface area contributed by atoms with Crippen LogP contribution in [0.5, 0.6) is 11.5 Å². The summed E-state index contributed by atoms with van der Waals surface area (Å²) in [5.41, 5.74) is 0.809. The summed E-state index contributed by atoms with van der Waals surface area (Å²) in [6, 6.07) is 5.52. The minimum atomic E-state index is 0.595. The van der Waals surface area contributed by atoms with Gasteiger partial charge in [-0.3, -0.25) is 0 Å². The van der Waals surface area contributed by atoms with Gasteiger partial charge in [-0.15, -0.1) is 0 Å². The van der Waals surface area contributed by atoms with Crippen molar-refractivity contribution in [2.24, 2.45) is 0 Å². The van der Waals surface area contributed by atoms with Gasteiger partial charge in [-0.05, 0) is 16.8 Å². The van der Waals surface area contributed by atoms with Crippen LogP contribution >= 0.6 is 0 Å². The molecule has 1 heterocycles. The van der Waals surface area contributed by atoms with Crippen LogP contribution in [0.3, 0.4) is 0 Å². The Hall–Kier alpha value is -2.31. The third-order valence-electron chi connectivity index (χ3n) is 2.57. The predicted molar refractivity (Wildman–Crippen MR) is 70.9 cm³/mol. The number of aromatic nitrogens is 4. The molecule has 0 amide bonds. The van der Waals surface area contributed by atoms with E-state index in [1.165, 1.54) is 0 Å². The first-order chi connectivity index (χ1) is 9.26. The van der Waals surface area contributed by atoms with Gasteiger partial charge in [0.25, 0.3) is 0 Å². The molecule has 1 aromatic carbocycles. The molecule has 19 heavy (non-hydrogen) atoms. The fourth-order valence-corrected chi connectivity index (χ4v) is 1.67. The van der Waals surface area contributed by atoms with Crippen molar-refractivity contribution in [2.45, 2.75) is 19.9 Å². The standard InChI is InChI=1S/C12H17N5O2/c1-4-5-17-12(14-15-16-17)13-9-6-10(18-2)8-11(7-9)19-3/h6-8H,4-5H2,1-3H3,(H,13,14,16). The summed E-state index contributed by atoms with van der Waals surface area (Å²) in [5, 5.41) is 14.7. The Bertz CT molecular complexity index is 518. The number of ether oxygens (including phenoxy) is 2. The minimum Gasteiger partial charge on any atom is -0.497 e. The predicted octanol–water partition coefficient (Wildman–Crippen LogP) is 1.84. The molecule has 0 saturated carbocycles. The average Bonchev–Trinajstić information content (AvgIpc) is 2.86. The van der Waals surface area contributed by atoms with E-state index >= 15 is 0 Å². The van der Waals surface area contributed by atoms with Gasteiger partial charge >= 0.3 is 0 Å². The Kier molecular flexibility index (Phi) is 4.17. The van der Waals surface area contributed by atoms with Crippen LogP contribution in [0.2, 0.25) is 0 Å². The first-order valence-corrected chi connectivity index (χ1v) is 6.03. The summed E-state index contributed by atoms with van der Waals surface area (Å²) >= 11 is 0. The molecule has 7 heteroatoms. The third kappa shape index (κ3) is 3.12. The van der Waals surface area contributed by atoms with Crippen molar-refractivity contribution in [2.75, 3.05) is 19.5 Å². The molecule has 2 rings (SSSR count). The zero-order valence-electron chi connectivity index (χ0n) is 11.3. The van der Waals surface area contributed by atoms with Gasteiger partial charge in [-0.1, -0.05) is 12.0 Å². The van der Waals surface area contributed by atoms with Crippen molar-refractivity contribution in [1.29, 1.82) is 0 Å². The highest BCUT2D eigenvalue weighted by Crippen LogP contribution is 2.27. The second kappa shape index (κ2) is 6.03. The number of aryl methyl sites for hydroxylation is 1. The van der Waals surface area contributed by atoms with E-state index in [4.69, 9.17) is 9.47 Å². The molecule has 0 bridgehead atoms. The topological polar surface area (TPSA) is 74.1 Å². The second-order valence-electron chi connectivity index (χ2n) is 3.95. The van der Waals surface area contributed by atoms with Crippen LogP contribution in [0.4, 0.5) is 11.6 Å². The first-order valence-electron chi connectivity index (χ1n) is 6.03. The van der Waals surface area contributed by atoms with Gasteiger partial charge in [0, 0.05) is 30.4 Å². The molecular weight excluding hydrogens is 246 g/mol. The molecule has 7 nitrogen and oxygen atoms in total. The summed E-state index contributed by atoms with van der Waals surface area (Å²) in [5.74, 6) is 2.00. The molecule has 0 aliphatic carbocycles. The molecule has 0 aliphatic heterocycles. The quantitative estimate of drug-likeness (QED) is 0.857. The van der Waals surface area contributed by atoms with Gasteiger partial charge in [-0.25, -0.2) is 4.68 Å². The molecular formula is C12H17N5O2. The summed E-state index contributed by atoms with van der Waals surface area (Å²) in [7, 11) is 3.22. The van der Waals surface area contributed by atoms with Gasteiger partial charge < -0.3 is 14.8 Å². The number of hydrogen-bond acceptors (Lipinski definition) is 6. The van der Waals surface area contributed by atoms with Crippen LogP contribution in [0.15, 0.2) is 18.2 Å². The zero-order valence-corrected chi connectivity index (χ0v) is 11.3. The number of benzene rings is 1. The van der Waals surface area contributed by atoms with Crippen molar-refractivity contribution in [3.05, 3.63) is 18.2 Å². The van der Waals surface area contributed by atoms with E-state index in [1.807, 2.05) is 12.1 Å². The fraction of sp³-hybridized carbons (Fsp3) is 0.417. The molecule has 1 N–H and O–H groups in total. The van der Waals surface area contributed by atoms with E-state index in [9.17, 15) is 0 Å². The Labute approximate surface area is 111 Å². The lowest BCUT2D eigenvalue weighted by Gasteiger charge is -2.10. The number of anilines is 2. The van der Waals surface area contributed by atoms with Crippen LogP contribution in [0, 0.1) is 0 Å². The Morgan fingerprint density at radius 1 is 1.16 bits per heavy atom. The van der Waals surface area contributed by atoms with E-state index in [1.54, 1.807) is 25.0 Å². The Balaban J connectivity index is 2.24. The lowest BCUT2D eigenvalue weighted by Crippen LogP contribution is -2.05. The summed E-state index contributed by atoms with van der Waals surface area (Å²) < 4.78 is 12.1. The van der Waals surface area contributed by atoms with E-state index in [2.05, 4.69) is 27.8 Å². The van der Waals surface area contributed by atoms with Crippen LogP contribution in [-0.2, 0) is 6.54 Å². The normalized spacial score (nSPS) is 10.3. The van der Waals surface area contributed by atoms with Gasteiger partial charge in [0.15, 0.2) is 0 Å². The van der Waals surface area contributed by atoms with Crippen molar-refractivity contribution in [3.63, 3.8) is 0 Å². The van der Waals surface area contributed by atoms with Gasteiger partial charge in [0.05, 0.1) is 14.2 Å². The average molecular weight is 263 g/mol. The molecule has 0 unspecified atom stereocenters. The number of nitrogens with one attached hydrogen (secondary N) is 1. The molecule has 0 aliphatic rings. The SMILES string of the molecule is CCCn1nnnc1Nc1cc(OC)cc(OC)c1. The molecule has 2 aromatic rings. The molecule has 0 radical (unpaired) electrons. The van der Waals surface area contributed by atoms with Gasteiger partial charge in [0.1, 0.15) is 11.5 Å². The zero-order chi connectivity index (χ0) is 13.7. The van der Waals surface area contributed by atoms with Gasteiger partial charge in [-0.2, -0.15) is 0 Å². The molecule has 0 atom stereocenters. The number of tetrazole rings is 1. The maximum Gasteiger partial charge on any atom is 0.247 e. The molecule has 0 saturated heterocycles. The summed E-state index contributed by atoms with van der Waals surface area (Å²) in [4.78, 5) is 0. The maximum absolute atomic E-state index is 5.22. The number of nitrogens with zero attached hydrogens (tertiary/aromatic N) is 4. The molecule has 102 valence electrons. The lowest BCUT2D eigenvalue weighted by atomic mass is 10.3. The summed E-state index contributed by atoms with van der Waals surface area (Å²) in [6.45, 7) is 2.83. The third-order valence-corrected chi connectivity index (χ3v) is 2.57. The van der Waals surface area contributed by atoms with Crippen molar-refractivity contribution in [1.82, 2.24) is 20.2 Å². The highest BCUT2D eigenvalue weighted by molar-refractivity contribution is 5.59. The van der Waals surface area contributed by atoms with Crippen LogP contribution in [0.25, 0.3) is 0 Å². The number of rotatable bonds is 6. The molecule has 0 fully saturated rings. The first kappa shape index (κ1) is 13.1. The fourth-order valence-electron chi connectivity index (χ4n) is 1.67. The minimum absolute atomic E-state index is 0.595. The van der Waals surface area contributed by atoms with Gasteiger partial charge in [0.2, 0.25) is 5.95 Å². The van der Waals surface area contributed by atoms with Crippen LogP contribution in [0.1, 0.15) is 13.3 Å². The monoisotopic (exact) mass is 263 g/mol. The van der Waals surface area contributed by atoms with E-state index in [-0.39, 0.29) is 0 Å². The summed E-state index contributed by atoms with van der Waals surface area (Å²) in [6.07, 6.45) is 0.959. The van der Waals surface area contributed by atoms with Crippen molar-refractivity contribution >= 4 is 11.6 Å². The van der Waals surface area contributed by atoms with E-state index < -0.39 is 0 Å². The lowest BCUT2D eigenvalue weighted by molar-refractivity contribution is 0.395. The smallest absolute Gasteiger partial charge is 0.247 e. The van der Waals surface area contributed by atoms with E-state index in [0.717, 1.165) is 18.7 Å².